The predicted molar refractivity (Wildman–Crippen MR) is 44.0 cm³/mol. The Hall–Kier alpha value is -0.570. The fraction of sp³-hybridized carbons (Fsp3) is 0.875. The highest BCUT2D eigenvalue weighted by atomic mass is 16.2. The lowest BCUT2D eigenvalue weighted by Gasteiger charge is -2.45. The van der Waals surface area contributed by atoms with Crippen LogP contribution in [0.3, 0.4) is 0 Å². The van der Waals surface area contributed by atoms with Gasteiger partial charge in [0.2, 0.25) is 5.91 Å². The molecule has 0 radical (unpaired) electrons. The number of nitrogens with two attached hydrogens (primary N) is 1. The third-order valence-corrected chi connectivity index (χ3v) is 1.95. The molecule has 0 aromatic heterocycles. The van der Waals surface area contributed by atoms with Gasteiger partial charge in [-0.25, -0.2) is 0 Å². The molecule has 11 heavy (non-hydrogen) atoms. The fourth-order valence-electron chi connectivity index (χ4n) is 1.44. The first-order valence-corrected chi connectivity index (χ1v) is 4.03. The Morgan fingerprint density at radius 3 is 2.45 bits per heavy atom. The lowest BCUT2D eigenvalue weighted by Crippen LogP contribution is -2.55. The maximum atomic E-state index is 11.2. The minimum absolute atomic E-state index is 0.201. The van der Waals surface area contributed by atoms with Crippen LogP contribution in [0.2, 0.25) is 0 Å². The second kappa shape index (κ2) is 2.81. The fourth-order valence-corrected chi connectivity index (χ4v) is 1.44. The van der Waals surface area contributed by atoms with Gasteiger partial charge in [-0.2, -0.15) is 0 Å². The van der Waals surface area contributed by atoms with E-state index in [-0.39, 0.29) is 5.91 Å². The SMILES string of the molecule is CC1(C)CN(C(=O)CCN)C1. The zero-order chi connectivity index (χ0) is 8.48. The number of likely N-dealkylation sites (tertiary alicyclic amines) is 1. The van der Waals surface area contributed by atoms with Crippen molar-refractivity contribution in [1.82, 2.24) is 4.90 Å². The zero-order valence-electron chi connectivity index (χ0n) is 7.26. The number of nitrogens with zero attached hydrogens (tertiary/aromatic N) is 1. The molecular weight excluding hydrogens is 140 g/mol. The minimum atomic E-state index is 0.201. The molecule has 0 atom stereocenters. The van der Waals surface area contributed by atoms with Gasteiger partial charge in [0.15, 0.2) is 0 Å². The summed E-state index contributed by atoms with van der Waals surface area (Å²) < 4.78 is 0. The molecule has 1 fully saturated rings. The van der Waals surface area contributed by atoms with Crippen LogP contribution in [-0.4, -0.2) is 30.4 Å². The molecule has 0 spiro atoms. The molecule has 1 amide bonds. The van der Waals surface area contributed by atoms with Crippen LogP contribution in [-0.2, 0) is 4.79 Å². The van der Waals surface area contributed by atoms with Gasteiger partial charge < -0.3 is 10.6 Å². The van der Waals surface area contributed by atoms with Crippen LogP contribution in [0.15, 0.2) is 0 Å². The predicted octanol–water partition coefficient (Wildman–Crippen LogP) is 0.204. The van der Waals surface area contributed by atoms with Crippen molar-refractivity contribution in [2.45, 2.75) is 20.3 Å². The summed E-state index contributed by atoms with van der Waals surface area (Å²) in [6.45, 7) is 6.59. The second-order valence-corrected chi connectivity index (χ2v) is 3.95. The van der Waals surface area contributed by atoms with Gasteiger partial charge in [-0.1, -0.05) is 13.8 Å². The van der Waals surface area contributed by atoms with E-state index in [1.165, 1.54) is 0 Å². The average molecular weight is 156 g/mol. The van der Waals surface area contributed by atoms with Crippen LogP contribution in [0, 0.1) is 5.41 Å². The maximum Gasteiger partial charge on any atom is 0.223 e. The molecule has 0 aromatic carbocycles. The van der Waals surface area contributed by atoms with E-state index in [4.69, 9.17) is 5.73 Å². The van der Waals surface area contributed by atoms with Gasteiger partial charge >= 0.3 is 0 Å². The molecule has 3 heteroatoms. The maximum absolute atomic E-state index is 11.2. The second-order valence-electron chi connectivity index (χ2n) is 3.95. The van der Waals surface area contributed by atoms with Crippen LogP contribution in [0.5, 0.6) is 0 Å². The molecule has 1 saturated heterocycles. The number of amides is 1. The van der Waals surface area contributed by atoms with Gasteiger partial charge in [0.25, 0.3) is 0 Å². The molecule has 0 bridgehead atoms. The summed E-state index contributed by atoms with van der Waals surface area (Å²) in [5.74, 6) is 0.201. The molecule has 1 aliphatic rings. The Labute approximate surface area is 67.5 Å². The van der Waals surface area contributed by atoms with E-state index in [9.17, 15) is 4.79 Å². The Bertz CT molecular complexity index is 157. The van der Waals surface area contributed by atoms with E-state index < -0.39 is 0 Å². The summed E-state index contributed by atoms with van der Waals surface area (Å²) in [4.78, 5) is 13.0. The first kappa shape index (κ1) is 8.53. The molecule has 0 aliphatic carbocycles. The smallest absolute Gasteiger partial charge is 0.223 e. The first-order valence-electron chi connectivity index (χ1n) is 4.03. The molecule has 64 valence electrons. The normalized spacial score (nSPS) is 21.2. The highest BCUT2D eigenvalue weighted by Crippen LogP contribution is 2.28. The molecular formula is C8H16N2O. The molecule has 2 N–H and O–H groups in total. The number of rotatable bonds is 2. The van der Waals surface area contributed by atoms with Gasteiger partial charge in [-0.05, 0) is 5.41 Å². The third-order valence-electron chi connectivity index (χ3n) is 1.95. The van der Waals surface area contributed by atoms with Crippen LogP contribution in [0.4, 0.5) is 0 Å². The third kappa shape index (κ3) is 1.93. The van der Waals surface area contributed by atoms with Crippen LogP contribution >= 0.6 is 0 Å². The van der Waals surface area contributed by atoms with Crippen molar-refractivity contribution in [3.8, 4) is 0 Å². The van der Waals surface area contributed by atoms with E-state index in [2.05, 4.69) is 13.8 Å². The van der Waals surface area contributed by atoms with Crippen molar-refractivity contribution in [2.24, 2.45) is 11.1 Å². The van der Waals surface area contributed by atoms with Crippen LogP contribution < -0.4 is 5.73 Å². The van der Waals surface area contributed by atoms with Crippen molar-refractivity contribution in [2.75, 3.05) is 19.6 Å². The summed E-state index contributed by atoms with van der Waals surface area (Å²) in [6, 6.07) is 0. The van der Waals surface area contributed by atoms with Gasteiger partial charge in [-0.3, -0.25) is 4.79 Å². The number of hydrogen-bond donors (Lipinski definition) is 1. The largest absolute Gasteiger partial charge is 0.341 e. The monoisotopic (exact) mass is 156 g/mol. The number of carbonyl (C=O) groups excluding carboxylic acids is 1. The number of carbonyl (C=O) groups is 1. The average Bonchev–Trinajstić information content (AvgIpc) is 1.83. The molecule has 0 aromatic rings. The quantitative estimate of drug-likeness (QED) is 0.621. The van der Waals surface area contributed by atoms with Crippen LogP contribution in [0.25, 0.3) is 0 Å². The van der Waals surface area contributed by atoms with Crippen molar-refractivity contribution < 1.29 is 4.79 Å². The number of hydrogen-bond acceptors (Lipinski definition) is 2. The van der Waals surface area contributed by atoms with Gasteiger partial charge in [0, 0.05) is 26.1 Å². The molecule has 0 unspecified atom stereocenters. The zero-order valence-corrected chi connectivity index (χ0v) is 7.26. The molecule has 1 aliphatic heterocycles. The Morgan fingerprint density at radius 2 is 2.09 bits per heavy atom. The van der Waals surface area contributed by atoms with E-state index in [0.717, 1.165) is 13.1 Å². The molecule has 1 heterocycles. The van der Waals surface area contributed by atoms with Crippen molar-refractivity contribution in [3.63, 3.8) is 0 Å². The van der Waals surface area contributed by atoms with Gasteiger partial charge in [0.1, 0.15) is 0 Å². The summed E-state index contributed by atoms with van der Waals surface area (Å²) in [7, 11) is 0. The Balaban J connectivity index is 2.27. The Kier molecular flexibility index (Phi) is 2.18. The van der Waals surface area contributed by atoms with E-state index in [1.807, 2.05) is 4.90 Å². The molecule has 0 saturated carbocycles. The highest BCUT2D eigenvalue weighted by Gasteiger charge is 2.36. The molecule has 3 nitrogen and oxygen atoms in total. The van der Waals surface area contributed by atoms with Gasteiger partial charge in [-0.15, -0.1) is 0 Å². The van der Waals surface area contributed by atoms with E-state index in [0.29, 0.717) is 18.4 Å². The van der Waals surface area contributed by atoms with Crippen LogP contribution in [0.1, 0.15) is 20.3 Å². The van der Waals surface area contributed by atoms with Crippen molar-refractivity contribution >= 4 is 5.91 Å². The lowest BCUT2D eigenvalue weighted by atomic mass is 9.84. The summed E-state index contributed by atoms with van der Waals surface area (Å²) in [5, 5.41) is 0. The minimum Gasteiger partial charge on any atom is -0.341 e. The van der Waals surface area contributed by atoms with E-state index >= 15 is 0 Å². The van der Waals surface area contributed by atoms with Gasteiger partial charge in [0.05, 0.1) is 0 Å². The van der Waals surface area contributed by atoms with Crippen molar-refractivity contribution in [1.29, 1.82) is 0 Å². The molecule has 1 rings (SSSR count). The van der Waals surface area contributed by atoms with Crippen molar-refractivity contribution in [3.05, 3.63) is 0 Å². The topological polar surface area (TPSA) is 46.3 Å². The first-order chi connectivity index (χ1) is 5.05. The summed E-state index contributed by atoms with van der Waals surface area (Å²) >= 11 is 0. The summed E-state index contributed by atoms with van der Waals surface area (Å²) in [5.41, 5.74) is 5.60. The Morgan fingerprint density at radius 1 is 1.55 bits per heavy atom. The summed E-state index contributed by atoms with van der Waals surface area (Å²) in [6.07, 6.45) is 0.496. The van der Waals surface area contributed by atoms with E-state index in [1.54, 1.807) is 0 Å². The highest BCUT2D eigenvalue weighted by molar-refractivity contribution is 5.77. The standard InChI is InChI=1S/C8H16N2O/c1-8(2)5-10(6-8)7(11)3-4-9/h3-6,9H2,1-2H3. The lowest BCUT2D eigenvalue weighted by molar-refractivity contribution is -0.141.